The molecule has 0 saturated carbocycles. The molecule has 0 radical (unpaired) electrons. The van der Waals surface area contributed by atoms with Crippen molar-refractivity contribution in [1.29, 1.82) is 0 Å². The third-order valence-corrected chi connectivity index (χ3v) is 5.30. The number of carbonyl (C=O) groups is 2. The van der Waals surface area contributed by atoms with Gasteiger partial charge >= 0.3 is 0 Å². The molecule has 27 heavy (non-hydrogen) atoms. The van der Waals surface area contributed by atoms with Crippen LogP contribution in [0, 0.1) is 13.8 Å². The van der Waals surface area contributed by atoms with Crippen molar-refractivity contribution >= 4 is 28.0 Å². The van der Waals surface area contributed by atoms with Crippen LogP contribution in [0.5, 0.6) is 0 Å². The van der Waals surface area contributed by atoms with Crippen molar-refractivity contribution in [2.75, 3.05) is 0 Å². The first-order chi connectivity index (χ1) is 13.1. The lowest BCUT2D eigenvalue weighted by molar-refractivity contribution is 0.0996. The molecule has 0 unspecified atom stereocenters. The van der Waals surface area contributed by atoms with Crippen LogP contribution in [0.3, 0.4) is 0 Å². The van der Waals surface area contributed by atoms with Crippen molar-refractivity contribution in [3.05, 3.63) is 89.0 Å². The van der Waals surface area contributed by atoms with E-state index in [1.807, 2.05) is 43.3 Å². The molecule has 2 aromatic heterocycles. The minimum atomic E-state index is -0.120. The number of rotatable bonds is 1. The average Bonchev–Trinajstić information content (AvgIpc) is 3.02. The van der Waals surface area contributed by atoms with Crippen LogP contribution in [0.4, 0.5) is 0 Å². The molecule has 3 heteroatoms. The normalized spacial score (nSPS) is 13.6. The molecule has 0 aliphatic heterocycles. The molecule has 1 aliphatic carbocycles. The van der Waals surface area contributed by atoms with Crippen molar-refractivity contribution < 1.29 is 9.59 Å². The van der Waals surface area contributed by atoms with Gasteiger partial charge in [-0.1, -0.05) is 42.0 Å². The van der Waals surface area contributed by atoms with Crippen LogP contribution in [0.1, 0.15) is 31.8 Å². The predicted octanol–water partition coefficient (Wildman–Crippen LogP) is 5.31. The van der Waals surface area contributed by atoms with Crippen LogP contribution >= 0.6 is 0 Å². The van der Waals surface area contributed by atoms with Crippen molar-refractivity contribution in [2.45, 2.75) is 13.8 Å². The summed E-state index contributed by atoms with van der Waals surface area (Å²) in [6.07, 6.45) is 2.77. The molecule has 2 aromatic carbocycles. The summed E-state index contributed by atoms with van der Waals surface area (Å²) in [6, 6.07) is 18.1. The lowest BCUT2D eigenvalue weighted by Crippen LogP contribution is -2.09. The van der Waals surface area contributed by atoms with Gasteiger partial charge in [-0.3, -0.25) is 9.59 Å². The number of ketones is 2. The maximum atomic E-state index is 12.8. The molecular formula is C24H17NO2. The molecule has 0 fully saturated rings. The lowest BCUT2D eigenvalue weighted by atomic mass is 9.93. The summed E-state index contributed by atoms with van der Waals surface area (Å²) in [5, 5.41) is 1.12. The standard InChI is InChI=1S/C24H17NO2/c1-14-8-9-18-17(12-14)15(2)13-19-22-20(26)10-11-21(27)23(22)24(25(18)19)16-6-4-3-5-7-16/h3-13H,1-2H3. The fraction of sp³-hybridized carbons (Fsp3) is 0.0833. The molecule has 0 spiro atoms. The molecule has 0 amide bonds. The van der Waals surface area contributed by atoms with E-state index < -0.39 is 0 Å². The quantitative estimate of drug-likeness (QED) is 0.466. The van der Waals surface area contributed by atoms with Crippen molar-refractivity contribution in [1.82, 2.24) is 4.40 Å². The number of hydrogen-bond acceptors (Lipinski definition) is 2. The van der Waals surface area contributed by atoms with E-state index in [2.05, 4.69) is 29.5 Å². The van der Waals surface area contributed by atoms with Gasteiger partial charge in [-0.05, 0) is 55.3 Å². The topological polar surface area (TPSA) is 38.5 Å². The number of aromatic nitrogens is 1. The van der Waals surface area contributed by atoms with E-state index in [9.17, 15) is 9.59 Å². The number of nitrogens with zero attached hydrogens (tertiary/aromatic N) is 1. The summed E-state index contributed by atoms with van der Waals surface area (Å²) in [4.78, 5) is 25.6. The Balaban J connectivity index is 2.08. The lowest BCUT2D eigenvalue weighted by Gasteiger charge is -2.11. The maximum Gasteiger partial charge on any atom is 0.188 e. The molecule has 2 heterocycles. The number of aryl methyl sites for hydroxylation is 2. The van der Waals surface area contributed by atoms with Crippen molar-refractivity contribution in [3.63, 3.8) is 0 Å². The second-order valence-electron chi connectivity index (χ2n) is 7.10. The highest BCUT2D eigenvalue weighted by molar-refractivity contribution is 6.28. The van der Waals surface area contributed by atoms with Gasteiger partial charge in [0.05, 0.1) is 27.9 Å². The summed E-state index contributed by atoms with van der Waals surface area (Å²) in [7, 11) is 0. The summed E-state index contributed by atoms with van der Waals surface area (Å²) in [5.41, 5.74) is 6.79. The molecular weight excluding hydrogens is 334 g/mol. The minimum absolute atomic E-state index is 0.116. The van der Waals surface area contributed by atoms with Gasteiger partial charge in [0.15, 0.2) is 11.6 Å². The first kappa shape index (κ1) is 15.8. The van der Waals surface area contributed by atoms with E-state index in [1.54, 1.807) is 0 Å². The first-order valence-corrected chi connectivity index (χ1v) is 8.97. The molecule has 0 atom stereocenters. The number of hydrogen-bond donors (Lipinski definition) is 0. The Labute approximate surface area is 156 Å². The van der Waals surface area contributed by atoms with Crippen LogP contribution in [-0.2, 0) is 0 Å². The highest BCUT2D eigenvalue weighted by Crippen LogP contribution is 2.38. The fourth-order valence-electron chi connectivity index (χ4n) is 4.10. The van der Waals surface area contributed by atoms with Crippen LogP contribution in [-0.4, -0.2) is 16.0 Å². The Bertz CT molecular complexity index is 1310. The zero-order valence-electron chi connectivity index (χ0n) is 15.1. The van der Waals surface area contributed by atoms with E-state index in [1.165, 1.54) is 17.7 Å². The van der Waals surface area contributed by atoms with Gasteiger partial charge in [0.1, 0.15) is 0 Å². The zero-order chi connectivity index (χ0) is 18.7. The highest BCUT2D eigenvalue weighted by atomic mass is 16.1. The Kier molecular flexibility index (Phi) is 3.22. The number of carbonyl (C=O) groups excluding carboxylic acids is 2. The van der Waals surface area contributed by atoms with E-state index in [0.29, 0.717) is 11.1 Å². The third kappa shape index (κ3) is 2.15. The SMILES string of the molecule is Cc1ccc2c(c1)c(C)cc1c3c(c(-c4ccccc4)n12)C(=O)C=CC3=O. The Morgan fingerprint density at radius 1 is 0.741 bits per heavy atom. The third-order valence-electron chi connectivity index (χ3n) is 5.30. The van der Waals surface area contributed by atoms with E-state index >= 15 is 0 Å². The summed E-state index contributed by atoms with van der Waals surface area (Å²) in [6.45, 7) is 4.12. The predicted molar refractivity (Wildman–Crippen MR) is 108 cm³/mol. The number of fused-ring (bicyclic) bond motifs is 5. The smallest absolute Gasteiger partial charge is 0.188 e. The van der Waals surface area contributed by atoms with Crippen LogP contribution in [0.25, 0.3) is 27.7 Å². The molecule has 0 saturated heterocycles. The van der Waals surface area contributed by atoms with Gasteiger partial charge in [-0.2, -0.15) is 0 Å². The second kappa shape index (κ2) is 5.52. The van der Waals surface area contributed by atoms with Crippen molar-refractivity contribution in [2.24, 2.45) is 0 Å². The van der Waals surface area contributed by atoms with Gasteiger partial charge in [-0.25, -0.2) is 0 Å². The monoisotopic (exact) mass is 351 g/mol. The van der Waals surface area contributed by atoms with Gasteiger partial charge < -0.3 is 4.40 Å². The fourth-order valence-corrected chi connectivity index (χ4v) is 4.10. The first-order valence-electron chi connectivity index (χ1n) is 8.97. The van der Waals surface area contributed by atoms with E-state index in [0.717, 1.165) is 33.2 Å². The average molecular weight is 351 g/mol. The number of allylic oxidation sites excluding steroid dienone is 2. The summed E-state index contributed by atoms with van der Waals surface area (Å²) in [5.74, 6) is -0.236. The minimum Gasteiger partial charge on any atom is -0.308 e. The molecule has 5 rings (SSSR count). The maximum absolute atomic E-state index is 12.8. The molecule has 0 bridgehead atoms. The summed E-state index contributed by atoms with van der Waals surface area (Å²) >= 11 is 0. The Hall–Kier alpha value is -3.46. The van der Waals surface area contributed by atoms with Crippen LogP contribution < -0.4 is 0 Å². The molecule has 1 aliphatic rings. The van der Waals surface area contributed by atoms with Crippen LogP contribution in [0.2, 0.25) is 0 Å². The Morgan fingerprint density at radius 2 is 1.44 bits per heavy atom. The van der Waals surface area contributed by atoms with E-state index in [-0.39, 0.29) is 11.6 Å². The van der Waals surface area contributed by atoms with Gasteiger partial charge in [0.25, 0.3) is 0 Å². The second-order valence-corrected chi connectivity index (χ2v) is 7.10. The van der Waals surface area contributed by atoms with Crippen molar-refractivity contribution in [3.8, 4) is 11.3 Å². The van der Waals surface area contributed by atoms with Gasteiger partial charge in [0.2, 0.25) is 0 Å². The largest absolute Gasteiger partial charge is 0.308 e. The van der Waals surface area contributed by atoms with Gasteiger partial charge in [0, 0.05) is 5.39 Å². The van der Waals surface area contributed by atoms with Crippen LogP contribution in [0.15, 0.2) is 66.7 Å². The molecule has 4 aromatic rings. The molecule has 130 valence electrons. The number of pyridine rings is 1. The van der Waals surface area contributed by atoms with E-state index in [4.69, 9.17) is 0 Å². The molecule has 3 nitrogen and oxygen atoms in total. The van der Waals surface area contributed by atoms with Gasteiger partial charge in [-0.15, -0.1) is 0 Å². The summed E-state index contributed by atoms with van der Waals surface area (Å²) < 4.78 is 2.07. The molecule has 0 N–H and O–H groups in total. The zero-order valence-corrected chi connectivity index (χ0v) is 15.1. The Morgan fingerprint density at radius 3 is 2.19 bits per heavy atom. The number of benzene rings is 2. The highest BCUT2D eigenvalue weighted by Gasteiger charge is 2.30.